The fraction of sp³-hybridized carbons (Fsp3) is 0.636. The molecular weight excluding hydrogens is 236 g/mol. The van der Waals surface area contributed by atoms with Crippen LogP contribution in [0.15, 0.2) is 10.6 Å². The van der Waals surface area contributed by atoms with Crippen molar-refractivity contribution < 1.29 is 14.4 Å². The summed E-state index contributed by atoms with van der Waals surface area (Å²) in [5, 5.41) is 12.7. The van der Waals surface area contributed by atoms with E-state index >= 15 is 0 Å². The van der Waals surface area contributed by atoms with E-state index in [1.165, 1.54) is 6.42 Å². The normalized spacial score (nSPS) is 15.7. The summed E-state index contributed by atoms with van der Waals surface area (Å²) in [6, 6.07) is 2.07. The minimum Gasteiger partial charge on any atom is -0.395 e. The Hall–Kier alpha value is -1.44. The van der Waals surface area contributed by atoms with Crippen molar-refractivity contribution in [3.8, 4) is 0 Å². The number of rotatable bonds is 6. The largest absolute Gasteiger partial charge is 0.395 e. The molecule has 7 nitrogen and oxygen atoms in total. The molecule has 0 atom stereocenters. The molecule has 18 heavy (non-hydrogen) atoms. The van der Waals surface area contributed by atoms with Gasteiger partial charge in [-0.25, -0.2) is 5.84 Å². The Bertz CT molecular complexity index is 403. The van der Waals surface area contributed by atoms with E-state index in [-0.39, 0.29) is 12.3 Å². The summed E-state index contributed by atoms with van der Waals surface area (Å²) in [5.41, 5.74) is 2.17. The zero-order valence-electron chi connectivity index (χ0n) is 10.1. The van der Waals surface area contributed by atoms with E-state index in [1.54, 1.807) is 6.07 Å². The van der Waals surface area contributed by atoms with Gasteiger partial charge in [0.1, 0.15) is 0 Å². The average Bonchev–Trinajstić information content (AvgIpc) is 2.74. The molecule has 7 heteroatoms. The number of hydrogen-bond donors (Lipinski definition) is 3. The van der Waals surface area contributed by atoms with Gasteiger partial charge in [-0.15, -0.1) is 0 Å². The lowest BCUT2D eigenvalue weighted by Gasteiger charge is -2.36. The molecule has 100 valence electrons. The highest BCUT2D eigenvalue weighted by atomic mass is 16.5. The van der Waals surface area contributed by atoms with Gasteiger partial charge in [0.15, 0.2) is 11.5 Å². The quantitative estimate of drug-likeness (QED) is 0.363. The lowest BCUT2D eigenvalue weighted by molar-refractivity contribution is 0.0853. The van der Waals surface area contributed by atoms with Crippen molar-refractivity contribution in [3.05, 3.63) is 17.5 Å². The Morgan fingerprint density at radius 2 is 2.44 bits per heavy atom. The SMILES string of the molecule is NNC(=O)c1cc(CN(CCO)C2CCC2)on1. The molecule has 1 saturated carbocycles. The Kier molecular flexibility index (Phi) is 4.29. The van der Waals surface area contributed by atoms with Gasteiger partial charge in [-0.1, -0.05) is 11.6 Å². The number of carbonyl (C=O) groups is 1. The van der Waals surface area contributed by atoms with Crippen LogP contribution in [0.5, 0.6) is 0 Å². The number of amides is 1. The van der Waals surface area contributed by atoms with Crippen molar-refractivity contribution >= 4 is 5.91 Å². The Labute approximate surface area is 105 Å². The third-order valence-corrected chi connectivity index (χ3v) is 3.26. The van der Waals surface area contributed by atoms with E-state index in [9.17, 15) is 4.79 Å². The molecule has 0 radical (unpaired) electrons. The molecule has 0 bridgehead atoms. The number of hydrazine groups is 1. The number of hydrogen-bond acceptors (Lipinski definition) is 6. The van der Waals surface area contributed by atoms with Crippen molar-refractivity contribution in [1.29, 1.82) is 0 Å². The van der Waals surface area contributed by atoms with Crippen LogP contribution in [0.25, 0.3) is 0 Å². The third kappa shape index (κ3) is 2.87. The van der Waals surface area contributed by atoms with Gasteiger partial charge in [0, 0.05) is 18.7 Å². The lowest BCUT2D eigenvalue weighted by Crippen LogP contribution is -2.41. The maximum Gasteiger partial charge on any atom is 0.287 e. The van der Waals surface area contributed by atoms with Gasteiger partial charge in [0.05, 0.1) is 13.2 Å². The molecule has 2 rings (SSSR count). The van der Waals surface area contributed by atoms with Crippen LogP contribution in [0, 0.1) is 0 Å². The van der Waals surface area contributed by atoms with E-state index in [0.717, 1.165) is 12.8 Å². The minimum atomic E-state index is -0.470. The summed E-state index contributed by atoms with van der Waals surface area (Å²) in [6.45, 7) is 1.26. The highest BCUT2D eigenvalue weighted by Crippen LogP contribution is 2.26. The summed E-state index contributed by atoms with van der Waals surface area (Å²) < 4.78 is 5.09. The maximum absolute atomic E-state index is 11.2. The van der Waals surface area contributed by atoms with Crippen LogP contribution < -0.4 is 11.3 Å². The number of nitrogens with two attached hydrogens (primary N) is 1. The zero-order chi connectivity index (χ0) is 13.0. The monoisotopic (exact) mass is 254 g/mol. The predicted molar refractivity (Wildman–Crippen MR) is 63.3 cm³/mol. The number of aliphatic hydroxyl groups excluding tert-OH is 1. The standard InChI is InChI=1S/C11H18N4O3/c12-13-11(17)10-6-9(18-14-10)7-15(4-5-16)8-2-1-3-8/h6,8,16H,1-5,7,12H2,(H,13,17). The van der Waals surface area contributed by atoms with Gasteiger partial charge in [-0.3, -0.25) is 15.1 Å². The van der Waals surface area contributed by atoms with Crippen LogP contribution in [0.4, 0.5) is 0 Å². The second-order valence-electron chi connectivity index (χ2n) is 4.43. The molecular formula is C11H18N4O3. The molecule has 1 aliphatic rings. The Balaban J connectivity index is 1.97. The van der Waals surface area contributed by atoms with Gasteiger partial charge in [-0.05, 0) is 12.8 Å². The van der Waals surface area contributed by atoms with E-state index in [0.29, 0.717) is 24.9 Å². The predicted octanol–water partition coefficient (Wildman–Crippen LogP) is -0.375. The van der Waals surface area contributed by atoms with Crippen LogP contribution in [0.3, 0.4) is 0 Å². The number of aliphatic hydroxyl groups is 1. The summed E-state index contributed by atoms with van der Waals surface area (Å²) in [7, 11) is 0. The Morgan fingerprint density at radius 1 is 1.67 bits per heavy atom. The van der Waals surface area contributed by atoms with Gasteiger partial charge >= 0.3 is 0 Å². The van der Waals surface area contributed by atoms with Gasteiger partial charge in [-0.2, -0.15) is 0 Å². The average molecular weight is 254 g/mol. The lowest BCUT2D eigenvalue weighted by atomic mass is 9.91. The van der Waals surface area contributed by atoms with E-state index in [2.05, 4.69) is 10.1 Å². The molecule has 4 N–H and O–H groups in total. The van der Waals surface area contributed by atoms with Crippen molar-refractivity contribution in [2.75, 3.05) is 13.2 Å². The third-order valence-electron chi connectivity index (χ3n) is 3.26. The molecule has 0 spiro atoms. The van der Waals surface area contributed by atoms with Crippen LogP contribution >= 0.6 is 0 Å². The fourth-order valence-corrected chi connectivity index (χ4v) is 2.04. The molecule has 1 amide bonds. The first-order valence-corrected chi connectivity index (χ1v) is 6.06. The second kappa shape index (κ2) is 5.94. The fourth-order valence-electron chi connectivity index (χ4n) is 2.04. The summed E-state index contributed by atoms with van der Waals surface area (Å²) >= 11 is 0. The molecule has 1 aliphatic carbocycles. The molecule has 1 heterocycles. The first-order valence-electron chi connectivity index (χ1n) is 6.06. The maximum atomic E-state index is 11.2. The first-order chi connectivity index (χ1) is 8.74. The van der Waals surface area contributed by atoms with Crippen molar-refractivity contribution in [2.45, 2.75) is 31.8 Å². The van der Waals surface area contributed by atoms with Crippen LogP contribution in [0.1, 0.15) is 35.5 Å². The van der Waals surface area contributed by atoms with Crippen molar-refractivity contribution in [1.82, 2.24) is 15.5 Å². The van der Waals surface area contributed by atoms with Gasteiger partial charge in [0.25, 0.3) is 5.91 Å². The number of nitrogens with zero attached hydrogens (tertiary/aromatic N) is 2. The molecule has 1 aromatic rings. The summed E-state index contributed by atoms with van der Waals surface area (Å²) in [5.74, 6) is 5.15. The van der Waals surface area contributed by atoms with E-state index < -0.39 is 5.91 Å². The van der Waals surface area contributed by atoms with E-state index in [4.69, 9.17) is 15.5 Å². The van der Waals surface area contributed by atoms with Gasteiger partial charge in [0.2, 0.25) is 0 Å². The number of nitrogen functional groups attached to an aromatic ring is 1. The molecule has 1 aromatic heterocycles. The molecule has 0 saturated heterocycles. The topological polar surface area (TPSA) is 105 Å². The zero-order valence-corrected chi connectivity index (χ0v) is 10.1. The van der Waals surface area contributed by atoms with Crippen molar-refractivity contribution in [2.24, 2.45) is 5.84 Å². The summed E-state index contributed by atoms with van der Waals surface area (Å²) in [4.78, 5) is 13.4. The highest BCUT2D eigenvalue weighted by Gasteiger charge is 2.25. The Morgan fingerprint density at radius 3 is 3.00 bits per heavy atom. The number of aromatic nitrogens is 1. The number of carbonyl (C=O) groups excluding carboxylic acids is 1. The second-order valence-corrected chi connectivity index (χ2v) is 4.43. The van der Waals surface area contributed by atoms with Crippen LogP contribution in [-0.4, -0.2) is 40.3 Å². The minimum absolute atomic E-state index is 0.112. The smallest absolute Gasteiger partial charge is 0.287 e. The van der Waals surface area contributed by atoms with Crippen LogP contribution in [-0.2, 0) is 6.54 Å². The molecule has 0 aromatic carbocycles. The molecule has 1 fully saturated rings. The van der Waals surface area contributed by atoms with Crippen molar-refractivity contribution in [3.63, 3.8) is 0 Å². The van der Waals surface area contributed by atoms with E-state index in [1.807, 2.05) is 5.43 Å². The molecule has 0 unspecified atom stereocenters. The highest BCUT2D eigenvalue weighted by molar-refractivity contribution is 5.91. The number of nitrogens with one attached hydrogen (secondary N) is 1. The molecule has 0 aliphatic heterocycles. The van der Waals surface area contributed by atoms with Gasteiger partial charge < -0.3 is 9.63 Å². The van der Waals surface area contributed by atoms with Crippen LogP contribution in [0.2, 0.25) is 0 Å². The first kappa shape index (κ1) is 13.0. The summed E-state index contributed by atoms with van der Waals surface area (Å²) in [6.07, 6.45) is 3.51.